The van der Waals surface area contributed by atoms with E-state index in [9.17, 15) is 19.3 Å². The molecule has 10 nitrogen and oxygen atoms in total. The van der Waals surface area contributed by atoms with Gasteiger partial charge in [-0.15, -0.1) is 15.3 Å². The highest BCUT2D eigenvalue weighted by Gasteiger charge is 2.18. The molecule has 0 bridgehead atoms. The Bertz CT molecular complexity index is 1280. The highest BCUT2D eigenvalue weighted by atomic mass is 19.1. The number of carbonyl (C=O) groups is 1. The van der Waals surface area contributed by atoms with Crippen LogP contribution in [0.25, 0.3) is 17.0 Å². The summed E-state index contributed by atoms with van der Waals surface area (Å²) < 4.78 is 20.5. The van der Waals surface area contributed by atoms with E-state index in [0.717, 1.165) is 0 Å². The van der Waals surface area contributed by atoms with Gasteiger partial charge in [-0.1, -0.05) is 24.3 Å². The number of hydrogen-bond acceptors (Lipinski definition) is 7. The summed E-state index contributed by atoms with van der Waals surface area (Å²) in [7, 11) is 0. The van der Waals surface area contributed by atoms with E-state index in [4.69, 9.17) is 4.74 Å². The van der Waals surface area contributed by atoms with Crippen molar-refractivity contribution in [1.29, 1.82) is 0 Å². The van der Waals surface area contributed by atoms with Crippen molar-refractivity contribution in [2.24, 2.45) is 0 Å². The Kier molecular flexibility index (Phi) is 5.47. The maximum absolute atomic E-state index is 13.5. The molecule has 2 aromatic carbocycles. The van der Waals surface area contributed by atoms with E-state index in [-0.39, 0.29) is 30.3 Å². The fourth-order valence-electron chi connectivity index (χ4n) is 2.90. The molecule has 4 rings (SSSR count). The molecule has 0 unspecified atom stereocenters. The van der Waals surface area contributed by atoms with Gasteiger partial charge < -0.3 is 10.1 Å². The Labute approximate surface area is 174 Å². The molecule has 0 radical (unpaired) electrons. The number of amides is 1. The summed E-state index contributed by atoms with van der Waals surface area (Å²) >= 11 is 0. The first kappa shape index (κ1) is 19.9. The van der Waals surface area contributed by atoms with Crippen LogP contribution < -0.4 is 10.1 Å². The van der Waals surface area contributed by atoms with Crippen molar-refractivity contribution in [2.45, 2.75) is 0 Å². The zero-order valence-corrected chi connectivity index (χ0v) is 15.9. The van der Waals surface area contributed by atoms with Crippen molar-refractivity contribution < 1.29 is 18.8 Å². The maximum atomic E-state index is 13.5. The number of nitro benzene ring substituents is 1. The van der Waals surface area contributed by atoms with Gasteiger partial charge >= 0.3 is 0 Å². The maximum Gasteiger partial charge on any atom is 0.282 e. The van der Waals surface area contributed by atoms with Crippen molar-refractivity contribution in [1.82, 2.24) is 25.1 Å². The summed E-state index contributed by atoms with van der Waals surface area (Å²) in [5, 5.41) is 25.9. The standard InChI is InChI=1S/C20H15FN6O4/c21-14-5-3-4-13(12-14)19-24-23-17-8-9-18(25-26(17)19)31-11-10-22-20(28)15-6-1-2-7-16(15)27(29)30/h1-9,12H,10-11H2,(H,22,28). The number of benzene rings is 2. The minimum Gasteiger partial charge on any atom is -0.475 e. The number of nitro groups is 1. The Balaban J connectivity index is 1.41. The number of fused-ring (bicyclic) bond motifs is 1. The van der Waals surface area contributed by atoms with E-state index >= 15 is 0 Å². The summed E-state index contributed by atoms with van der Waals surface area (Å²) in [5.74, 6) is -0.392. The summed E-state index contributed by atoms with van der Waals surface area (Å²) in [6.45, 7) is 0.172. The van der Waals surface area contributed by atoms with Crippen LogP contribution in [-0.2, 0) is 0 Å². The molecule has 0 spiro atoms. The molecular formula is C20H15FN6O4. The van der Waals surface area contributed by atoms with Crippen LogP contribution in [0, 0.1) is 15.9 Å². The molecule has 4 aromatic rings. The molecule has 1 amide bonds. The molecule has 2 heterocycles. The van der Waals surface area contributed by atoms with Crippen molar-refractivity contribution >= 4 is 17.2 Å². The topological polar surface area (TPSA) is 125 Å². The van der Waals surface area contributed by atoms with Gasteiger partial charge in [-0.05, 0) is 24.3 Å². The fourth-order valence-corrected chi connectivity index (χ4v) is 2.90. The summed E-state index contributed by atoms with van der Waals surface area (Å²) in [6, 6.07) is 14.8. The number of para-hydroxylation sites is 1. The minimum atomic E-state index is -0.611. The summed E-state index contributed by atoms with van der Waals surface area (Å²) in [6.07, 6.45) is 0. The molecule has 0 saturated heterocycles. The van der Waals surface area contributed by atoms with Crippen molar-refractivity contribution in [2.75, 3.05) is 13.2 Å². The summed E-state index contributed by atoms with van der Waals surface area (Å²) in [5.41, 5.74) is 0.659. The van der Waals surface area contributed by atoms with Crippen LogP contribution in [0.2, 0.25) is 0 Å². The molecule has 0 saturated carbocycles. The van der Waals surface area contributed by atoms with E-state index in [1.807, 2.05) is 0 Å². The Morgan fingerprint density at radius 3 is 2.77 bits per heavy atom. The van der Waals surface area contributed by atoms with Gasteiger partial charge in [0.2, 0.25) is 5.88 Å². The lowest BCUT2D eigenvalue weighted by molar-refractivity contribution is -0.385. The van der Waals surface area contributed by atoms with Gasteiger partial charge in [0.25, 0.3) is 11.6 Å². The molecule has 1 N–H and O–H groups in total. The smallest absolute Gasteiger partial charge is 0.282 e. The van der Waals surface area contributed by atoms with Crippen molar-refractivity contribution in [3.63, 3.8) is 0 Å². The second-order valence-corrected chi connectivity index (χ2v) is 6.35. The van der Waals surface area contributed by atoms with Crippen LogP contribution in [0.3, 0.4) is 0 Å². The van der Waals surface area contributed by atoms with Crippen LogP contribution in [0.1, 0.15) is 10.4 Å². The SMILES string of the molecule is O=C(NCCOc1ccc2nnc(-c3cccc(F)c3)n2n1)c1ccccc1[N+](=O)[O-]. The number of hydrogen-bond donors (Lipinski definition) is 1. The molecule has 0 aliphatic heterocycles. The number of carbonyl (C=O) groups excluding carboxylic acids is 1. The predicted octanol–water partition coefficient (Wildman–Crippen LogP) is 2.65. The van der Waals surface area contributed by atoms with Gasteiger partial charge in [-0.3, -0.25) is 14.9 Å². The van der Waals surface area contributed by atoms with Crippen LogP contribution in [0.4, 0.5) is 10.1 Å². The number of nitrogens with one attached hydrogen (secondary N) is 1. The first-order valence-electron chi connectivity index (χ1n) is 9.16. The third kappa shape index (κ3) is 4.29. The molecular weight excluding hydrogens is 407 g/mol. The second kappa shape index (κ2) is 8.53. The highest BCUT2D eigenvalue weighted by molar-refractivity contribution is 5.98. The Morgan fingerprint density at radius 1 is 1.13 bits per heavy atom. The zero-order valence-electron chi connectivity index (χ0n) is 15.9. The predicted molar refractivity (Wildman–Crippen MR) is 107 cm³/mol. The lowest BCUT2D eigenvalue weighted by Crippen LogP contribution is -2.28. The lowest BCUT2D eigenvalue weighted by Gasteiger charge is -2.08. The van der Waals surface area contributed by atoms with Gasteiger partial charge in [-0.2, -0.15) is 4.52 Å². The normalized spacial score (nSPS) is 10.7. The van der Waals surface area contributed by atoms with Crippen LogP contribution in [0.15, 0.2) is 60.7 Å². The average Bonchev–Trinajstić information content (AvgIpc) is 3.20. The van der Waals surface area contributed by atoms with Crippen LogP contribution in [0.5, 0.6) is 5.88 Å². The van der Waals surface area contributed by atoms with E-state index in [1.54, 1.807) is 30.3 Å². The van der Waals surface area contributed by atoms with Gasteiger partial charge in [0.05, 0.1) is 11.5 Å². The van der Waals surface area contributed by atoms with Crippen LogP contribution in [-0.4, -0.2) is 43.8 Å². The first-order valence-corrected chi connectivity index (χ1v) is 9.16. The highest BCUT2D eigenvalue weighted by Crippen LogP contribution is 2.20. The molecule has 0 fully saturated rings. The van der Waals surface area contributed by atoms with Gasteiger partial charge in [0.1, 0.15) is 18.0 Å². The Morgan fingerprint density at radius 2 is 1.97 bits per heavy atom. The fraction of sp³-hybridized carbons (Fsp3) is 0.100. The molecule has 0 aliphatic carbocycles. The van der Waals surface area contributed by atoms with Crippen molar-refractivity contribution in [3.8, 4) is 17.3 Å². The number of rotatable bonds is 7. The molecule has 11 heteroatoms. The van der Waals surface area contributed by atoms with E-state index < -0.39 is 16.6 Å². The van der Waals surface area contributed by atoms with Crippen LogP contribution >= 0.6 is 0 Å². The number of nitrogens with zero attached hydrogens (tertiary/aromatic N) is 5. The van der Waals surface area contributed by atoms with Gasteiger partial charge in [-0.25, -0.2) is 4.39 Å². The number of aromatic nitrogens is 4. The molecule has 0 atom stereocenters. The molecule has 2 aromatic heterocycles. The van der Waals surface area contributed by atoms with E-state index in [1.165, 1.54) is 34.8 Å². The first-order chi connectivity index (χ1) is 15.0. The number of ether oxygens (including phenoxy) is 1. The number of halogens is 1. The lowest BCUT2D eigenvalue weighted by atomic mass is 10.1. The quantitative estimate of drug-likeness (QED) is 0.276. The molecule has 0 aliphatic rings. The largest absolute Gasteiger partial charge is 0.475 e. The van der Waals surface area contributed by atoms with E-state index in [0.29, 0.717) is 17.0 Å². The second-order valence-electron chi connectivity index (χ2n) is 6.35. The third-order valence-electron chi connectivity index (χ3n) is 4.30. The molecule has 31 heavy (non-hydrogen) atoms. The third-order valence-corrected chi connectivity index (χ3v) is 4.30. The summed E-state index contributed by atoms with van der Waals surface area (Å²) in [4.78, 5) is 22.6. The minimum absolute atomic E-state index is 0.0312. The zero-order chi connectivity index (χ0) is 21.8. The monoisotopic (exact) mass is 422 g/mol. The van der Waals surface area contributed by atoms with Gasteiger partial charge in [0.15, 0.2) is 11.5 Å². The Hall–Kier alpha value is -4.41. The molecule has 156 valence electrons. The average molecular weight is 422 g/mol. The van der Waals surface area contributed by atoms with Gasteiger partial charge in [0, 0.05) is 17.7 Å². The van der Waals surface area contributed by atoms with Crippen molar-refractivity contribution in [3.05, 3.63) is 82.2 Å². The van der Waals surface area contributed by atoms with E-state index in [2.05, 4.69) is 20.6 Å².